The van der Waals surface area contributed by atoms with Crippen molar-refractivity contribution in [2.75, 3.05) is 18.0 Å². The molecular weight excluding hydrogens is 472 g/mol. The van der Waals surface area contributed by atoms with Crippen molar-refractivity contribution in [3.63, 3.8) is 0 Å². The number of hydrogen-bond donors (Lipinski definition) is 0. The predicted octanol–water partition coefficient (Wildman–Crippen LogP) is 4.26. The minimum atomic E-state index is -3.65. The quantitative estimate of drug-likeness (QED) is 0.523. The first-order valence-electron chi connectivity index (χ1n) is 11.9. The third kappa shape index (κ3) is 4.69. The van der Waals surface area contributed by atoms with Crippen LogP contribution in [0.4, 0.5) is 14.5 Å². The zero-order chi connectivity index (χ0) is 24.6. The third-order valence-electron chi connectivity index (χ3n) is 7.25. The van der Waals surface area contributed by atoms with Gasteiger partial charge in [-0.05, 0) is 43.9 Å². The highest BCUT2D eigenvalue weighted by molar-refractivity contribution is 7.89. The van der Waals surface area contributed by atoms with E-state index in [1.54, 1.807) is 16.7 Å². The predicted molar refractivity (Wildman–Crippen MR) is 130 cm³/mol. The maximum absolute atomic E-state index is 15.2. The average Bonchev–Trinajstić information content (AvgIpc) is 3.37. The van der Waals surface area contributed by atoms with Gasteiger partial charge in [-0.1, -0.05) is 36.4 Å². The number of aromatic nitrogens is 3. The lowest BCUT2D eigenvalue weighted by Crippen LogP contribution is -2.45. The summed E-state index contributed by atoms with van der Waals surface area (Å²) >= 11 is 0. The number of sulfonamides is 1. The number of hydrogen-bond acceptors (Lipinski definition) is 5. The molecular formula is C25H29F2N5O2S. The molecule has 0 spiro atoms. The van der Waals surface area contributed by atoms with Gasteiger partial charge in [0.1, 0.15) is 29.9 Å². The highest BCUT2D eigenvalue weighted by Gasteiger charge is 2.40. The lowest BCUT2D eigenvalue weighted by Gasteiger charge is -2.38. The van der Waals surface area contributed by atoms with Gasteiger partial charge in [0.15, 0.2) is 0 Å². The SMILES string of the molecule is C[C@H]1CC[C@H](c2ccccc2)S(=O)(=O)N1Cc1ccc(N2CCC(n3cnnc3)[C@H](F)C2)cc1F. The van der Waals surface area contributed by atoms with Gasteiger partial charge in [-0.15, -0.1) is 10.2 Å². The molecule has 0 N–H and O–H groups in total. The van der Waals surface area contributed by atoms with Crippen LogP contribution in [0.25, 0.3) is 0 Å². The molecule has 5 rings (SSSR count). The van der Waals surface area contributed by atoms with Gasteiger partial charge in [-0.3, -0.25) is 0 Å². The van der Waals surface area contributed by atoms with Gasteiger partial charge in [-0.25, -0.2) is 17.2 Å². The van der Waals surface area contributed by atoms with E-state index in [-0.39, 0.29) is 25.2 Å². The van der Waals surface area contributed by atoms with Gasteiger partial charge in [0, 0.05) is 30.4 Å². The van der Waals surface area contributed by atoms with Gasteiger partial charge >= 0.3 is 0 Å². The number of nitrogens with zero attached hydrogens (tertiary/aromatic N) is 5. The zero-order valence-corrected chi connectivity index (χ0v) is 20.4. The highest BCUT2D eigenvalue weighted by Crippen LogP contribution is 2.38. The largest absolute Gasteiger partial charge is 0.368 e. The van der Waals surface area contributed by atoms with Crippen molar-refractivity contribution in [3.05, 3.63) is 78.1 Å². The summed E-state index contributed by atoms with van der Waals surface area (Å²) < 4.78 is 60.1. The molecule has 7 nitrogen and oxygen atoms in total. The zero-order valence-electron chi connectivity index (χ0n) is 19.5. The number of alkyl halides is 1. The van der Waals surface area contributed by atoms with E-state index in [0.717, 1.165) is 5.56 Å². The fourth-order valence-electron chi connectivity index (χ4n) is 5.22. The first-order chi connectivity index (χ1) is 16.8. The molecule has 0 amide bonds. The van der Waals surface area contributed by atoms with Crippen molar-refractivity contribution in [1.82, 2.24) is 19.1 Å². The minimum absolute atomic E-state index is 0.0274. The first-order valence-corrected chi connectivity index (χ1v) is 13.4. The van der Waals surface area contributed by atoms with Crippen LogP contribution in [-0.4, -0.2) is 52.8 Å². The van der Waals surface area contributed by atoms with Crippen LogP contribution in [0.15, 0.2) is 61.2 Å². The molecule has 2 aromatic carbocycles. The summed E-state index contributed by atoms with van der Waals surface area (Å²) in [6.07, 6.45) is 3.68. The lowest BCUT2D eigenvalue weighted by molar-refractivity contribution is 0.199. The van der Waals surface area contributed by atoms with Crippen molar-refractivity contribution < 1.29 is 17.2 Å². The van der Waals surface area contributed by atoms with Gasteiger partial charge in [0.05, 0.1) is 12.6 Å². The Balaban J connectivity index is 1.31. The molecule has 1 aromatic heterocycles. The summed E-state index contributed by atoms with van der Waals surface area (Å²) in [6, 6.07) is 13.4. The Bertz CT molecular complexity index is 1260. The molecule has 10 heteroatoms. The second kappa shape index (κ2) is 9.66. The second-order valence-electron chi connectivity index (χ2n) is 9.42. The molecule has 2 fully saturated rings. The maximum Gasteiger partial charge on any atom is 0.221 e. The number of benzene rings is 2. The van der Waals surface area contributed by atoms with Crippen molar-refractivity contribution in [1.29, 1.82) is 0 Å². The van der Waals surface area contributed by atoms with Crippen LogP contribution in [0.1, 0.15) is 48.6 Å². The standard InChI is InChI=1S/C25H29F2N5O2S/c1-18-7-10-25(19-5-3-2-4-6-19)35(33,34)32(18)14-20-8-9-21(13-22(20)26)30-12-11-24(23(27)15-30)31-16-28-29-17-31/h2-6,8-9,13,16-18,23-25H,7,10-12,14-15H2,1H3/t18-,23+,24?,25+/m0/s1. The molecule has 2 aliphatic rings. The molecule has 2 aliphatic heterocycles. The van der Waals surface area contributed by atoms with Crippen LogP contribution in [0.3, 0.4) is 0 Å². The van der Waals surface area contributed by atoms with E-state index in [4.69, 9.17) is 0 Å². The van der Waals surface area contributed by atoms with Gasteiger partial charge < -0.3 is 9.47 Å². The summed E-state index contributed by atoms with van der Waals surface area (Å²) in [6.45, 7) is 2.54. The van der Waals surface area contributed by atoms with Crippen LogP contribution in [0.2, 0.25) is 0 Å². The molecule has 1 unspecified atom stereocenters. The summed E-state index contributed by atoms with van der Waals surface area (Å²) in [7, 11) is -3.65. The summed E-state index contributed by atoms with van der Waals surface area (Å²) in [5.74, 6) is -0.483. The molecule has 2 saturated heterocycles. The summed E-state index contributed by atoms with van der Waals surface area (Å²) in [5, 5.41) is 6.87. The van der Waals surface area contributed by atoms with E-state index in [0.29, 0.717) is 37.1 Å². The van der Waals surface area contributed by atoms with Gasteiger partial charge in [0.2, 0.25) is 10.0 Å². The molecule has 4 atom stereocenters. The van der Waals surface area contributed by atoms with Crippen LogP contribution >= 0.6 is 0 Å². The monoisotopic (exact) mass is 501 g/mol. The molecule has 186 valence electrons. The van der Waals surface area contributed by atoms with E-state index >= 15 is 4.39 Å². The number of piperidine rings is 1. The molecule has 0 aliphatic carbocycles. The van der Waals surface area contributed by atoms with Crippen LogP contribution in [-0.2, 0) is 16.6 Å². The molecule has 0 radical (unpaired) electrons. The average molecular weight is 502 g/mol. The van der Waals surface area contributed by atoms with Crippen LogP contribution in [0.5, 0.6) is 0 Å². The van der Waals surface area contributed by atoms with Crippen molar-refractivity contribution in [3.8, 4) is 0 Å². The topological polar surface area (TPSA) is 71.3 Å². The second-order valence-corrected chi connectivity index (χ2v) is 11.5. The summed E-state index contributed by atoms with van der Waals surface area (Å²) in [5.41, 5.74) is 1.66. The normalized spacial score (nSPS) is 27.1. The van der Waals surface area contributed by atoms with Gasteiger partial charge in [-0.2, -0.15) is 4.31 Å². The minimum Gasteiger partial charge on any atom is -0.368 e. The van der Waals surface area contributed by atoms with Crippen LogP contribution in [0, 0.1) is 5.82 Å². The van der Waals surface area contributed by atoms with Crippen molar-refractivity contribution in [2.45, 2.75) is 56.2 Å². The Morgan fingerprint density at radius 1 is 1.03 bits per heavy atom. The Morgan fingerprint density at radius 2 is 1.77 bits per heavy atom. The van der Waals surface area contributed by atoms with E-state index in [2.05, 4.69) is 10.2 Å². The molecule has 3 aromatic rings. The Hall–Kier alpha value is -2.85. The Kier molecular flexibility index (Phi) is 6.59. The Labute approximate surface area is 204 Å². The summed E-state index contributed by atoms with van der Waals surface area (Å²) in [4.78, 5) is 1.82. The maximum atomic E-state index is 15.2. The number of anilines is 1. The molecule has 0 bridgehead atoms. The van der Waals surface area contributed by atoms with E-state index in [1.165, 1.54) is 23.0 Å². The fraction of sp³-hybridized carbons (Fsp3) is 0.440. The van der Waals surface area contributed by atoms with E-state index in [9.17, 15) is 12.8 Å². The number of halogens is 2. The highest BCUT2D eigenvalue weighted by atomic mass is 32.2. The molecule has 0 saturated carbocycles. The molecule has 3 heterocycles. The van der Waals surface area contributed by atoms with E-state index < -0.39 is 27.3 Å². The van der Waals surface area contributed by atoms with Gasteiger partial charge in [0.25, 0.3) is 0 Å². The first kappa shape index (κ1) is 23.9. The smallest absolute Gasteiger partial charge is 0.221 e. The van der Waals surface area contributed by atoms with Crippen molar-refractivity contribution >= 4 is 15.7 Å². The van der Waals surface area contributed by atoms with E-state index in [1.807, 2.05) is 42.2 Å². The fourth-order valence-corrected chi connectivity index (χ4v) is 7.41. The van der Waals surface area contributed by atoms with Crippen LogP contribution < -0.4 is 4.90 Å². The Morgan fingerprint density at radius 3 is 2.46 bits per heavy atom. The molecule has 35 heavy (non-hydrogen) atoms. The van der Waals surface area contributed by atoms with Crippen molar-refractivity contribution in [2.24, 2.45) is 0 Å². The lowest BCUT2D eigenvalue weighted by atomic mass is 10.0. The third-order valence-corrected chi connectivity index (χ3v) is 9.62. The number of rotatable bonds is 5.